The van der Waals surface area contributed by atoms with Gasteiger partial charge in [0.05, 0.1) is 28.3 Å². The number of hydrogen-bond acceptors (Lipinski definition) is 6. The molecule has 0 atom stereocenters. The van der Waals surface area contributed by atoms with Gasteiger partial charge in [0, 0.05) is 25.6 Å². The molecule has 2 aromatic rings. The van der Waals surface area contributed by atoms with E-state index in [-0.39, 0.29) is 30.0 Å². The van der Waals surface area contributed by atoms with Crippen molar-refractivity contribution in [3.05, 3.63) is 53.1 Å². The molecule has 10 heteroatoms. The number of anilines is 1. The molecule has 0 saturated heterocycles. The first-order chi connectivity index (χ1) is 13.9. The Kier molecular flexibility index (Phi) is 8.42. The van der Waals surface area contributed by atoms with Crippen molar-refractivity contribution in [2.75, 3.05) is 32.2 Å². The third-order valence-electron chi connectivity index (χ3n) is 3.70. The van der Waals surface area contributed by atoms with E-state index in [1.54, 1.807) is 25.3 Å². The molecule has 1 amide bonds. The predicted octanol–water partition coefficient (Wildman–Crippen LogP) is 2.81. The number of nitrogens with zero attached hydrogens (tertiary/aromatic N) is 1. The quantitative estimate of drug-likeness (QED) is 0.552. The van der Waals surface area contributed by atoms with Crippen LogP contribution in [0.4, 0.5) is 5.69 Å². The van der Waals surface area contributed by atoms with Crippen LogP contribution in [-0.4, -0.2) is 41.2 Å². The number of carbonyl (C=O) groups excluding carboxylic acids is 1. The zero-order chi connectivity index (χ0) is 21.3. The van der Waals surface area contributed by atoms with Gasteiger partial charge in [-0.2, -0.15) is 5.26 Å². The number of sulfonamides is 1. The lowest BCUT2D eigenvalue weighted by Crippen LogP contribution is -2.24. The molecule has 8 nitrogen and oxygen atoms in total. The third kappa shape index (κ3) is 6.44. The van der Waals surface area contributed by atoms with Gasteiger partial charge in [0.2, 0.25) is 10.0 Å². The molecule has 0 aliphatic rings. The van der Waals surface area contributed by atoms with E-state index >= 15 is 0 Å². The van der Waals surface area contributed by atoms with Crippen molar-refractivity contribution in [1.82, 2.24) is 4.72 Å². The Hall–Kier alpha value is -2.64. The maximum Gasteiger partial charge on any atom is 0.255 e. The van der Waals surface area contributed by atoms with Crippen molar-refractivity contribution in [2.45, 2.75) is 11.3 Å². The topological polar surface area (TPSA) is 118 Å². The maximum atomic E-state index is 12.5. The summed E-state index contributed by atoms with van der Waals surface area (Å²) in [6.45, 7) is 0.632. The molecule has 0 fully saturated rings. The molecule has 0 bridgehead atoms. The molecule has 0 aromatic heterocycles. The number of halogens is 1. The Balaban J connectivity index is 2.12. The Morgan fingerprint density at radius 3 is 2.55 bits per heavy atom. The van der Waals surface area contributed by atoms with Crippen LogP contribution in [0.25, 0.3) is 0 Å². The minimum Gasteiger partial charge on any atom is -0.487 e. The second-order valence-corrected chi connectivity index (χ2v) is 7.92. The van der Waals surface area contributed by atoms with Crippen molar-refractivity contribution in [3.8, 4) is 11.8 Å². The molecular formula is C19H20ClN3O5S. The van der Waals surface area contributed by atoms with E-state index in [2.05, 4.69) is 10.0 Å². The van der Waals surface area contributed by atoms with E-state index in [0.717, 1.165) is 0 Å². The minimum absolute atomic E-state index is 0.00154. The van der Waals surface area contributed by atoms with Crippen LogP contribution in [0.1, 0.15) is 16.8 Å². The number of carbonyl (C=O) groups is 1. The Labute approximate surface area is 174 Å². The molecule has 0 spiro atoms. The highest BCUT2D eigenvalue weighted by molar-refractivity contribution is 7.89. The fraction of sp³-hybridized carbons (Fsp3) is 0.263. The van der Waals surface area contributed by atoms with E-state index in [4.69, 9.17) is 26.3 Å². The van der Waals surface area contributed by atoms with E-state index in [1.165, 1.54) is 24.3 Å². The summed E-state index contributed by atoms with van der Waals surface area (Å²) in [4.78, 5) is 12.5. The first-order valence-corrected chi connectivity index (χ1v) is 10.4. The summed E-state index contributed by atoms with van der Waals surface area (Å²) in [6, 6.07) is 12.2. The molecule has 2 aromatic carbocycles. The van der Waals surface area contributed by atoms with Gasteiger partial charge in [-0.3, -0.25) is 4.79 Å². The van der Waals surface area contributed by atoms with Crippen molar-refractivity contribution in [1.29, 1.82) is 5.26 Å². The molecule has 0 aliphatic carbocycles. The molecule has 29 heavy (non-hydrogen) atoms. The summed E-state index contributed by atoms with van der Waals surface area (Å²) in [5, 5.41) is 11.5. The fourth-order valence-electron chi connectivity index (χ4n) is 2.29. The largest absolute Gasteiger partial charge is 0.487 e. The number of rotatable bonds is 10. The zero-order valence-electron chi connectivity index (χ0n) is 15.6. The lowest BCUT2D eigenvalue weighted by atomic mass is 10.2. The lowest BCUT2D eigenvalue weighted by molar-refractivity contribution is 0.102. The predicted molar refractivity (Wildman–Crippen MR) is 109 cm³/mol. The van der Waals surface area contributed by atoms with Gasteiger partial charge in [-0.05, 0) is 36.4 Å². The van der Waals surface area contributed by atoms with Crippen molar-refractivity contribution in [3.63, 3.8) is 0 Å². The summed E-state index contributed by atoms with van der Waals surface area (Å²) in [6.07, 6.45) is 0.0636. The van der Waals surface area contributed by atoms with Crippen LogP contribution in [0.2, 0.25) is 5.02 Å². The van der Waals surface area contributed by atoms with Crippen molar-refractivity contribution < 1.29 is 22.7 Å². The standard InChI is InChI=1S/C19H20ClN3O5S/c1-27-12-13-28-18-16(20)4-2-5-17(18)23-19(24)14-6-8-15(9-7-14)29(25,26)22-11-3-10-21/h2,4-9,22H,3,11-13H2,1H3,(H,23,24). The monoisotopic (exact) mass is 437 g/mol. The van der Waals surface area contributed by atoms with Crippen LogP contribution in [0.5, 0.6) is 5.75 Å². The van der Waals surface area contributed by atoms with Gasteiger partial charge in [-0.1, -0.05) is 17.7 Å². The van der Waals surface area contributed by atoms with E-state index in [1.807, 2.05) is 6.07 Å². The average molecular weight is 438 g/mol. The van der Waals surface area contributed by atoms with E-state index in [0.29, 0.717) is 23.1 Å². The highest BCUT2D eigenvalue weighted by Crippen LogP contribution is 2.33. The van der Waals surface area contributed by atoms with Crippen LogP contribution in [-0.2, 0) is 14.8 Å². The number of nitrogens with one attached hydrogen (secondary N) is 2. The van der Waals surface area contributed by atoms with Gasteiger partial charge in [0.25, 0.3) is 5.91 Å². The van der Waals surface area contributed by atoms with Gasteiger partial charge in [0.15, 0.2) is 5.75 Å². The number of ether oxygens (including phenoxy) is 2. The van der Waals surface area contributed by atoms with Gasteiger partial charge < -0.3 is 14.8 Å². The first kappa shape index (κ1) is 22.6. The fourth-order valence-corrected chi connectivity index (χ4v) is 3.55. The first-order valence-electron chi connectivity index (χ1n) is 8.57. The van der Waals surface area contributed by atoms with E-state index in [9.17, 15) is 13.2 Å². The molecule has 2 N–H and O–H groups in total. The number of hydrogen-bond donors (Lipinski definition) is 2. The Bertz CT molecular complexity index is 988. The smallest absolute Gasteiger partial charge is 0.255 e. The lowest BCUT2D eigenvalue weighted by Gasteiger charge is -2.14. The van der Waals surface area contributed by atoms with Gasteiger partial charge in [-0.15, -0.1) is 0 Å². The second kappa shape index (κ2) is 10.8. The number of benzene rings is 2. The average Bonchev–Trinajstić information content (AvgIpc) is 2.70. The van der Waals surface area contributed by atoms with Crippen molar-refractivity contribution >= 4 is 33.2 Å². The number of para-hydroxylation sites is 1. The summed E-state index contributed by atoms with van der Waals surface area (Å²) in [5.74, 6) is -0.134. The number of methoxy groups -OCH3 is 1. The Morgan fingerprint density at radius 2 is 1.90 bits per heavy atom. The molecule has 0 aliphatic heterocycles. The SMILES string of the molecule is COCCOc1c(Cl)cccc1NC(=O)c1ccc(S(=O)(=O)NCCC#N)cc1. The molecular weight excluding hydrogens is 418 g/mol. The summed E-state index contributed by atoms with van der Waals surface area (Å²) < 4.78 is 37.1. The normalized spacial score (nSPS) is 10.9. The van der Waals surface area contributed by atoms with Gasteiger partial charge in [0.1, 0.15) is 6.61 Å². The molecule has 0 heterocycles. The van der Waals surface area contributed by atoms with Crippen molar-refractivity contribution in [2.24, 2.45) is 0 Å². The van der Waals surface area contributed by atoms with E-state index < -0.39 is 15.9 Å². The molecule has 0 radical (unpaired) electrons. The minimum atomic E-state index is -3.74. The van der Waals surface area contributed by atoms with Crippen LogP contribution < -0.4 is 14.8 Å². The zero-order valence-corrected chi connectivity index (χ0v) is 17.2. The molecule has 2 rings (SSSR count). The number of nitriles is 1. The molecule has 154 valence electrons. The highest BCUT2D eigenvalue weighted by Gasteiger charge is 2.16. The Morgan fingerprint density at radius 1 is 1.17 bits per heavy atom. The second-order valence-electron chi connectivity index (χ2n) is 5.74. The summed E-state index contributed by atoms with van der Waals surface area (Å²) in [5.41, 5.74) is 0.636. The van der Waals surface area contributed by atoms with Crippen LogP contribution in [0.15, 0.2) is 47.4 Å². The summed E-state index contributed by atoms with van der Waals surface area (Å²) in [7, 11) is -2.20. The highest BCUT2D eigenvalue weighted by atomic mass is 35.5. The van der Waals surface area contributed by atoms with Crippen LogP contribution in [0.3, 0.4) is 0 Å². The van der Waals surface area contributed by atoms with Crippen LogP contribution >= 0.6 is 11.6 Å². The maximum absolute atomic E-state index is 12.5. The third-order valence-corrected chi connectivity index (χ3v) is 5.48. The van der Waals surface area contributed by atoms with Crippen LogP contribution in [0, 0.1) is 11.3 Å². The van der Waals surface area contributed by atoms with Gasteiger partial charge >= 0.3 is 0 Å². The molecule has 0 saturated carbocycles. The van der Waals surface area contributed by atoms with Gasteiger partial charge in [-0.25, -0.2) is 13.1 Å². The summed E-state index contributed by atoms with van der Waals surface area (Å²) >= 11 is 6.15. The number of amides is 1. The molecule has 0 unspecified atom stereocenters.